The Hall–Kier alpha value is -2.22. The van der Waals surface area contributed by atoms with E-state index < -0.39 is 6.04 Å². The van der Waals surface area contributed by atoms with Crippen LogP contribution in [0.15, 0.2) is 11.2 Å². The van der Waals surface area contributed by atoms with Crippen LogP contribution in [-0.2, 0) is 4.79 Å². The van der Waals surface area contributed by atoms with Crippen molar-refractivity contribution in [3.05, 3.63) is 11.9 Å². The number of imide groups is 1. The van der Waals surface area contributed by atoms with Crippen molar-refractivity contribution in [2.75, 3.05) is 33.2 Å². The Balaban J connectivity index is 1.61. The maximum atomic E-state index is 13.3. The van der Waals surface area contributed by atoms with Crippen LogP contribution in [0.4, 0.5) is 10.7 Å². The van der Waals surface area contributed by atoms with Gasteiger partial charge in [-0.2, -0.15) is 0 Å². The number of aryl methyl sites for hydroxylation is 1. The molecule has 0 bridgehead atoms. The highest BCUT2D eigenvalue weighted by atomic mass is 16.2. The van der Waals surface area contributed by atoms with Gasteiger partial charge in [0.15, 0.2) is 0 Å². The third kappa shape index (κ3) is 2.94. The van der Waals surface area contributed by atoms with Gasteiger partial charge in [0.05, 0.1) is 6.04 Å². The molecule has 0 N–H and O–H groups in total. The number of amides is 3. The Morgan fingerprint density at radius 3 is 2.61 bits per heavy atom. The average molecular weight is 388 g/mol. The van der Waals surface area contributed by atoms with Crippen LogP contribution >= 0.6 is 0 Å². The lowest BCUT2D eigenvalue weighted by atomic mass is 10.1. The van der Waals surface area contributed by atoms with Crippen molar-refractivity contribution < 1.29 is 14.2 Å². The van der Waals surface area contributed by atoms with E-state index in [1.165, 1.54) is 24.2 Å². The molecule has 1 aromatic heterocycles. The van der Waals surface area contributed by atoms with Gasteiger partial charge < -0.3 is 4.90 Å². The Kier molecular flexibility index (Phi) is 4.99. The summed E-state index contributed by atoms with van der Waals surface area (Å²) >= 11 is 0. The van der Waals surface area contributed by atoms with Crippen LogP contribution in [-0.4, -0.2) is 70.3 Å². The van der Waals surface area contributed by atoms with E-state index in [1.807, 2.05) is 17.7 Å². The van der Waals surface area contributed by atoms with Gasteiger partial charge in [0.1, 0.15) is 11.9 Å². The van der Waals surface area contributed by atoms with Crippen LogP contribution in [0.1, 0.15) is 57.3 Å². The molecule has 152 valence electrons. The standard InChI is InChI=1S/C20H31N6O2/c1-5-14(2)26-15(3)13-25-16-17(21-19(25)26)22(4)20(28)24(18(16)27)12-11-23-9-7-6-8-10-23/h13-14,16H,5-12H2,1-4H3/q+1. The molecule has 2 fully saturated rings. The van der Waals surface area contributed by atoms with Crippen molar-refractivity contribution in [3.63, 3.8) is 0 Å². The number of hydrogen-bond acceptors (Lipinski definition) is 4. The van der Waals surface area contributed by atoms with E-state index in [0.717, 1.165) is 37.7 Å². The molecule has 4 rings (SSSR count). The van der Waals surface area contributed by atoms with E-state index in [0.29, 0.717) is 12.4 Å². The number of nitrogens with zero attached hydrogens (tertiary/aromatic N) is 6. The summed E-state index contributed by atoms with van der Waals surface area (Å²) in [5, 5.41) is 0. The number of piperidine rings is 1. The molecule has 2 saturated heterocycles. The maximum Gasteiger partial charge on any atom is 0.402 e. The van der Waals surface area contributed by atoms with Crippen LogP contribution in [0, 0.1) is 6.92 Å². The Bertz CT molecular complexity index is 823. The maximum absolute atomic E-state index is 13.3. The van der Waals surface area contributed by atoms with E-state index in [1.54, 1.807) is 11.9 Å². The minimum absolute atomic E-state index is 0.163. The third-order valence-corrected chi connectivity index (χ3v) is 6.37. The number of urea groups is 1. The summed E-state index contributed by atoms with van der Waals surface area (Å²) in [5.41, 5.74) is 1.08. The van der Waals surface area contributed by atoms with Crippen molar-refractivity contribution in [3.8, 4) is 0 Å². The number of hydrogen-bond donors (Lipinski definition) is 0. The molecule has 0 radical (unpaired) electrons. The lowest BCUT2D eigenvalue weighted by molar-refractivity contribution is -0.677. The van der Waals surface area contributed by atoms with Gasteiger partial charge in [-0.3, -0.25) is 14.6 Å². The first kappa shape index (κ1) is 19.1. The van der Waals surface area contributed by atoms with Gasteiger partial charge in [-0.1, -0.05) is 18.3 Å². The number of aromatic nitrogens is 2. The minimum atomic E-state index is -0.539. The molecule has 0 aromatic carbocycles. The largest absolute Gasteiger partial charge is 0.402 e. The smallest absolute Gasteiger partial charge is 0.302 e. The fourth-order valence-electron chi connectivity index (χ4n) is 4.56. The molecule has 1 aromatic rings. The number of fused-ring (bicyclic) bond motifs is 3. The lowest BCUT2D eigenvalue weighted by Gasteiger charge is -2.35. The Morgan fingerprint density at radius 2 is 1.93 bits per heavy atom. The van der Waals surface area contributed by atoms with Gasteiger partial charge in [0.25, 0.3) is 5.91 Å². The number of amidine groups is 1. The molecular formula is C20H31N6O2+. The van der Waals surface area contributed by atoms with E-state index in [-0.39, 0.29) is 18.0 Å². The number of likely N-dealkylation sites (tertiary alicyclic amines) is 1. The quantitative estimate of drug-likeness (QED) is 0.726. The lowest BCUT2D eigenvalue weighted by Crippen LogP contribution is -2.63. The fourth-order valence-corrected chi connectivity index (χ4v) is 4.56. The summed E-state index contributed by atoms with van der Waals surface area (Å²) in [6.07, 6.45) is 6.63. The SMILES string of the molecule is CCC(C)n1c(C)c[n+]2c1N=C1C2C(=O)N(CCN2CCCCC2)C(=O)N1C. The first-order valence-electron chi connectivity index (χ1n) is 10.5. The normalized spacial score (nSPS) is 23.7. The minimum Gasteiger partial charge on any atom is -0.302 e. The van der Waals surface area contributed by atoms with Crippen molar-refractivity contribution in [1.29, 1.82) is 0 Å². The molecule has 0 aliphatic carbocycles. The predicted octanol–water partition coefficient (Wildman–Crippen LogP) is 2.02. The van der Waals surface area contributed by atoms with E-state index in [2.05, 4.69) is 23.3 Å². The molecule has 0 spiro atoms. The molecule has 3 amide bonds. The van der Waals surface area contributed by atoms with Gasteiger partial charge in [0, 0.05) is 20.1 Å². The fraction of sp³-hybridized carbons (Fsp3) is 0.700. The number of likely N-dealkylation sites (N-methyl/N-ethyl adjacent to an activating group) is 1. The number of carbonyl (C=O) groups is 2. The highest BCUT2D eigenvalue weighted by Crippen LogP contribution is 2.31. The van der Waals surface area contributed by atoms with Crippen molar-refractivity contribution in [2.24, 2.45) is 4.99 Å². The first-order valence-corrected chi connectivity index (χ1v) is 10.5. The third-order valence-electron chi connectivity index (χ3n) is 6.37. The molecule has 3 aliphatic heterocycles. The summed E-state index contributed by atoms with van der Waals surface area (Å²) in [5.74, 6) is 1.14. The molecule has 8 heteroatoms. The zero-order valence-electron chi connectivity index (χ0n) is 17.4. The Labute approximate surface area is 166 Å². The van der Waals surface area contributed by atoms with Gasteiger partial charge in [-0.25, -0.2) is 13.9 Å². The summed E-state index contributed by atoms with van der Waals surface area (Å²) in [4.78, 5) is 36.2. The molecule has 2 atom stereocenters. The summed E-state index contributed by atoms with van der Waals surface area (Å²) in [6, 6.07) is -0.523. The van der Waals surface area contributed by atoms with Gasteiger partial charge in [0.2, 0.25) is 11.9 Å². The van der Waals surface area contributed by atoms with Gasteiger partial charge >= 0.3 is 12.0 Å². The summed E-state index contributed by atoms with van der Waals surface area (Å²) < 4.78 is 4.10. The van der Waals surface area contributed by atoms with Crippen LogP contribution in [0.3, 0.4) is 0 Å². The molecule has 8 nitrogen and oxygen atoms in total. The zero-order valence-corrected chi connectivity index (χ0v) is 17.4. The predicted molar refractivity (Wildman–Crippen MR) is 106 cm³/mol. The van der Waals surface area contributed by atoms with E-state index in [4.69, 9.17) is 4.99 Å². The second kappa shape index (κ2) is 7.31. The van der Waals surface area contributed by atoms with Gasteiger partial charge in [-0.05, 0) is 46.2 Å². The summed E-state index contributed by atoms with van der Waals surface area (Å²) in [7, 11) is 1.72. The van der Waals surface area contributed by atoms with Crippen LogP contribution in [0.25, 0.3) is 0 Å². The van der Waals surface area contributed by atoms with Crippen molar-refractivity contribution in [2.45, 2.75) is 58.5 Å². The number of carbonyl (C=O) groups excluding carboxylic acids is 2. The molecule has 0 saturated carbocycles. The van der Waals surface area contributed by atoms with Crippen molar-refractivity contribution >= 4 is 23.7 Å². The van der Waals surface area contributed by atoms with Crippen LogP contribution < -0.4 is 4.57 Å². The molecule has 28 heavy (non-hydrogen) atoms. The summed E-state index contributed by atoms with van der Waals surface area (Å²) in [6.45, 7) is 9.62. The average Bonchev–Trinajstić information content (AvgIpc) is 3.21. The van der Waals surface area contributed by atoms with E-state index in [9.17, 15) is 9.59 Å². The second-order valence-electron chi connectivity index (χ2n) is 8.21. The number of aliphatic imine (C=N–C) groups is 1. The van der Waals surface area contributed by atoms with Crippen LogP contribution in [0.5, 0.6) is 0 Å². The molecular weight excluding hydrogens is 356 g/mol. The van der Waals surface area contributed by atoms with Gasteiger partial charge in [-0.15, -0.1) is 0 Å². The molecule has 4 heterocycles. The molecule has 2 unspecified atom stereocenters. The number of imidazole rings is 1. The zero-order chi connectivity index (χ0) is 20.0. The topological polar surface area (TPSA) is 65.0 Å². The highest BCUT2D eigenvalue weighted by Gasteiger charge is 2.53. The van der Waals surface area contributed by atoms with E-state index >= 15 is 0 Å². The second-order valence-corrected chi connectivity index (χ2v) is 8.21. The highest BCUT2D eigenvalue weighted by molar-refractivity contribution is 6.19. The monoisotopic (exact) mass is 387 g/mol. The molecule has 3 aliphatic rings. The number of rotatable bonds is 5. The van der Waals surface area contributed by atoms with Crippen molar-refractivity contribution in [1.82, 2.24) is 19.3 Å². The van der Waals surface area contributed by atoms with Crippen LogP contribution in [0.2, 0.25) is 0 Å². The first-order chi connectivity index (χ1) is 13.4. The Morgan fingerprint density at radius 1 is 1.21 bits per heavy atom.